The second-order valence-corrected chi connectivity index (χ2v) is 9.57. The van der Waals surface area contributed by atoms with Crippen LogP contribution in [0.25, 0.3) is 0 Å². The Morgan fingerprint density at radius 1 is 1.28 bits per heavy atom. The third-order valence-corrected chi connectivity index (χ3v) is 6.82. The van der Waals surface area contributed by atoms with Gasteiger partial charge in [0.25, 0.3) is 0 Å². The number of piperidine rings is 1. The molecular formula is C23H29ClFN5OS. The zero-order valence-corrected chi connectivity index (χ0v) is 19.8. The summed E-state index contributed by atoms with van der Waals surface area (Å²) in [5.74, 6) is 1.58. The molecule has 2 saturated heterocycles. The van der Waals surface area contributed by atoms with E-state index in [1.54, 1.807) is 6.07 Å². The first-order valence-corrected chi connectivity index (χ1v) is 11.9. The van der Waals surface area contributed by atoms with Gasteiger partial charge >= 0.3 is 0 Å². The van der Waals surface area contributed by atoms with Gasteiger partial charge in [-0.3, -0.25) is 0 Å². The number of nitrogens with zero attached hydrogens (tertiary/aromatic N) is 3. The largest absolute Gasteiger partial charge is 0.381 e. The molecule has 2 N–H and O–H groups in total. The Bertz CT molecular complexity index is 938. The van der Waals surface area contributed by atoms with Gasteiger partial charge in [-0.05, 0) is 61.5 Å². The predicted octanol–water partition coefficient (Wildman–Crippen LogP) is 4.54. The van der Waals surface area contributed by atoms with Crippen molar-refractivity contribution in [3.05, 3.63) is 46.9 Å². The number of rotatable bonds is 5. The van der Waals surface area contributed by atoms with Gasteiger partial charge in [0.15, 0.2) is 5.11 Å². The van der Waals surface area contributed by atoms with E-state index in [-0.39, 0.29) is 11.2 Å². The molecule has 1 atom stereocenters. The van der Waals surface area contributed by atoms with E-state index in [0.29, 0.717) is 41.9 Å². The van der Waals surface area contributed by atoms with Crippen molar-refractivity contribution in [1.29, 1.82) is 0 Å². The molecule has 0 amide bonds. The predicted molar refractivity (Wildman–Crippen MR) is 130 cm³/mol. The maximum Gasteiger partial charge on any atom is 0.232 e. The summed E-state index contributed by atoms with van der Waals surface area (Å²) in [5.41, 5.74) is 0.903. The van der Waals surface area contributed by atoms with E-state index in [9.17, 15) is 4.39 Å². The van der Waals surface area contributed by atoms with Crippen molar-refractivity contribution < 1.29 is 9.13 Å². The average molecular weight is 478 g/mol. The van der Waals surface area contributed by atoms with Crippen molar-refractivity contribution in [2.45, 2.75) is 38.0 Å². The van der Waals surface area contributed by atoms with Gasteiger partial charge in [0.1, 0.15) is 16.8 Å². The standard InChI is InChI=1S/C23H29ClFN5OS/c1-16-3-2-10-30(14-16)20-13-19(24)27-21(28-20)29-22(32)26-15-23(8-11-31-12-9-23)17-4-6-18(25)7-5-17/h4-7,13,16H,2-3,8-12,14-15H2,1H3,(H2,26,27,28,29,32). The highest BCUT2D eigenvalue weighted by Gasteiger charge is 2.34. The van der Waals surface area contributed by atoms with Crippen LogP contribution in [0.3, 0.4) is 0 Å². The number of thiocarbonyl (C=S) groups is 1. The zero-order chi connectivity index (χ0) is 22.6. The molecule has 2 fully saturated rings. The topological polar surface area (TPSA) is 62.3 Å². The van der Waals surface area contributed by atoms with Crippen LogP contribution in [-0.2, 0) is 10.2 Å². The molecule has 6 nitrogen and oxygen atoms in total. The summed E-state index contributed by atoms with van der Waals surface area (Å²) in [5, 5.41) is 7.21. The highest BCUT2D eigenvalue weighted by atomic mass is 35.5. The molecule has 1 aromatic heterocycles. The van der Waals surface area contributed by atoms with Crippen molar-refractivity contribution in [2.75, 3.05) is 43.1 Å². The number of hydrogen-bond donors (Lipinski definition) is 2. The lowest BCUT2D eigenvalue weighted by atomic mass is 9.74. The Labute approximate surface area is 198 Å². The molecule has 0 spiro atoms. The molecule has 0 radical (unpaired) electrons. The number of hydrogen-bond acceptors (Lipinski definition) is 5. The van der Waals surface area contributed by atoms with Crippen LogP contribution in [0.1, 0.15) is 38.2 Å². The second-order valence-electron chi connectivity index (χ2n) is 8.77. The van der Waals surface area contributed by atoms with Crippen molar-refractivity contribution in [2.24, 2.45) is 5.92 Å². The molecule has 3 heterocycles. The van der Waals surface area contributed by atoms with E-state index in [1.165, 1.54) is 18.6 Å². The molecule has 4 rings (SSSR count). The lowest BCUT2D eigenvalue weighted by Gasteiger charge is -2.38. The fourth-order valence-electron chi connectivity index (χ4n) is 4.55. The number of halogens is 2. The van der Waals surface area contributed by atoms with Crippen molar-refractivity contribution in [1.82, 2.24) is 15.3 Å². The van der Waals surface area contributed by atoms with Gasteiger partial charge in [0.05, 0.1) is 0 Å². The molecular weight excluding hydrogens is 449 g/mol. The molecule has 2 aliphatic rings. The summed E-state index contributed by atoms with van der Waals surface area (Å²) >= 11 is 11.8. The van der Waals surface area contributed by atoms with Gasteiger partial charge in [0.2, 0.25) is 5.95 Å². The highest BCUT2D eigenvalue weighted by molar-refractivity contribution is 7.80. The number of aromatic nitrogens is 2. The maximum atomic E-state index is 13.5. The molecule has 0 bridgehead atoms. The monoisotopic (exact) mass is 477 g/mol. The van der Waals surface area contributed by atoms with Crippen LogP contribution in [0.15, 0.2) is 30.3 Å². The lowest BCUT2D eigenvalue weighted by molar-refractivity contribution is 0.0515. The number of nitrogens with one attached hydrogen (secondary N) is 2. The summed E-state index contributed by atoms with van der Waals surface area (Å²) in [6.07, 6.45) is 4.04. The first-order chi connectivity index (χ1) is 15.4. The molecule has 1 aromatic carbocycles. The van der Waals surface area contributed by atoms with Crippen molar-refractivity contribution in [3.8, 4) is 0 Å². The highest BCUT2D eigenvalue weighted by Crippen LogP contribution is 2.34. The van der Waals surface area contributed by atoms with Crippen molar-refractivity contribution >= 4 is 40.7 Å². The van der Waals surface area contributed by atoms with E-state index in [2.05, 4.69) is 32.4 Å². The number of ether oxygens (including phenoxy) is 1. The van der Waals surface area contributed by atoms with Gasteiger partial charge in [-0.15, -0.1) is 0 Å². The van der Waals surface area contributed by atoms with Gasteiger partial charge in [0, 0.05) is 44.3 Å². The molecule has 2 aromatic rings. The van der Waals surface area contributed by atoms with E-state index in [1.807, 2.05) is 12.1 Å². The Kier molecular flexibility index (Phi) is 7.43. The van der Waals surface area contributed by atoms with Crippen LogP contribution in [0.4, 0.5) is 16.2 Å². The fourth-order valence-corrected chi connectivity index (χ4v) is 4.89. The molecule has 172 valence electrons. The summed E-state index contributed by atoms with van der Waals surface area (Å²) in [6, 6.07) is 8.51. The minimum absolute atomic E-state index is 0.179. The zero-order valence-electron chi connectivity index (χ0n) is 18.2. The van der Waals surface area contributed by atoms with Gasteiger partial charge < -0.3 is 20.3 Å². The number of benzene rings is 1. The smallest absolute Gasteiger partial charge is 0.232 e. The van der Waals surface area contributed by atoms with Crippen LogP contribution in [0.2, 0.25) is 5.15 Å². The SMILES string of the molecule is CC1CCCN(c2cc(Cl)nc(NC(=S)NCC3(c4ccc(F)cc4)CCOCC3)n2)C1. The molecule has 0 saturated carbocycles. The van der Waals surface area contributed by atoms with E-state index in [0.717, 1.165) is 43.7 Å². The third kappa shape index (κ3) is 5.66. The van der Waals surface area contributed by atoms with E-state index < -0.39 is 0 Å². The van der Waals surface area contributed by atoms with E-state index in [4.69, 9.17) is 28.6 Å². The molecule has 0 aliphatic carbocycles. The van der Waals surface area contributed by atoms with Crippen LogP contribution in [0, 0.1) is 11.7 Å². The number of anilines is 2. The van der Waals surface area contributed by atoms with Gasteiger partial charge in [-0.2, -0.15) is 4.98 Å². The Balaban J connectivity index is 1.43. The minimum atomic E-state index is -0.238. The van der Waals surface area contributed by atoms with Crippen molar-refractivity contribution in [3.63, 3.8) is 0 Å². The average Bonchev–Trinajstić information content (AvgIpc) is 2.78. The quantitative estimate of drug-likeness (QED) is 0.484. The van der Waals surface area contributed by atoms with Crippen LogP contribution >= 0.6 is 23.8 Å². The summed E-state index contributed by atoms with van der Waals surface area (Å²) in [6.45, 7) is 6.09. The Hall–Kier alpha value is -2.03. The van der Waals surface area contributed by atoms with Crippen LogP contribution < -0.4 is 15.5 Å². The normalized spacial score (nSPS) is 20.6. The Morgan fingerprint density at radius 3 is 2.75 bits per heavy atom. The molecule has 32 heavy (non-hydrogen) atoms. The molecule has 9 heteroatoms. The summed E-state index contributed by atoms with van der Waals surface area (Å²) in [4.78, 5) is 11.2. The van der Waals surface area contributed by atoms with Crippen LogP contribution in [-0.4, -0.2) is 47.9 Å². The third-order valence-electron chi connectivity index (χ3n) is 6.38. The second kappa shape index (κ2) is 10.3. The maximum absolute atomic E-state index is 13.5. The lowest BCUT2D eigenvalue weighted by Crippen LogP contribution is -2.45. The first-order valence-electron chi connectivity index (χ1n) is 11.1. The summed E-state index contributed by atoms with van der Waals surface area (Å²) in [7, 11) is 0. The Morgan fingerprint density at radius 2 is 2.03 bits per heavy atom. The van der Waals surface area contributed by atoms with Gasteiger partial charge in [-0.1, -0.05) is 30.7 Å². The molecule has 2 aliphatic heterocycles. The van der Waals surface area contributed by atoms with Crippen LogP contribution in [0.5, 0.6) is 0 Å². The summed E-state index contributed by atoms with van der Waals surface area (Å²) < 4.78 is 19.0. The van der Waals surface area contributed by atoms with E-state index >= 15 is 0 Å². The van der Waals surface area contributed by atoms with Gasteiger partial charge in [-0.25, -0.2) is 9.37 Å². The fraction of sp³-hybridized carbons (Fsp3) is 0.522. The minimum Gasteiger partial charge on any atom is -0.381 e. The molecule has 1 unspecified atom stereocenters. The first kappa shape index (κ1) is 23.1.